The Balaban J connectivity index is 2.99. The molecule has 0 saturated heterocycles. The Kier molecular flexibility index (Phi) is 3.93. The SMILES string of the molecule is CC[C@@H](N)c1cccc(C(O)C(F)(F)F)c1. The fraction of sp³-hybridized carbons (Fsp3) is 0.455. The highest BCUT2D eigenvalue weighted by Gasteiger charge is 2.39. The molecule has 16 heavy (non-hydrogen) atoms. The molecule has 0 aliphatic heterocycles. The predicted molar refractivity (Wildman–Crippen MR) is 54.7 cm³/mol. The molecule has 3 N–H and O–H groups in total. The first-order valence-electron chi connectivity index (χ1n) is 4.96. The van der Waals surface area contributed by atoms with Crippen molar-refractivity contribution in [1.29, 1.82) is 0 Å². The van der Waals surface area contributed by atoms with Crippen LogP contribution >= 0.6 is 0 Å². The maximum atomic E-state index is 12.3. The van der Waals surface area contributed by atoms with E-state index in [1.165, 1.54) is 18.2 Å². The molecule has 5 heteroatoms. The molecule has 0 saturated carbocycles. The monoisotopic (exact) mass is 233 g/mol. The van der Waals surface area contributed by atoms with Crippen molar-refractivity contribution >= 4 is 0 Å². The summed E-state index contributed by atoms with van der Waals surface area (Å²) >= 11 is 0. The zero-order valence-corrected chi connectivity index (χ0v) is 8.83. The standard InChI is InChI=1S/C11H14F3NO/c1-2-9(15)7-4-3-5-8(6-7)10(16)11(12,13)14/h3-6,9-10,16H,2,15H2,1H3/t9-,10?/m1/s1. The van der Waals surface area contributed by atoms with Crippen LogP contribution in [0.2, 0.25) is 0 Å². The Morgan fingerprint density at radius 2 is 1.88 bits per heavy atom. The van der Waals surface area contributed by atoms with Crippen LogP contribution in [-0.4, -0.2) is 11.3 Å². The third kappa shape index (κ3) is 2.96. The first-order valence-corrected chi connectivity index (χ1v) is 4.96. The fourth-order valence-electron chi connectivity index (χ4n) is 1.38. The molecule has 0 heterocycles. The van der Waals surface area contributed by atoms with Crippen LogP contribution in [-0.2, 0) is 0 Å². The topological polar surface area (TPSA) is 46.2 Å². The van der Waals surface area contributed by atoms with Crippen molar-refractivity contribution in [2.75, 3.05) is 0 Å². The third-order valence-corrected chi connectivity index (χ3v) is 2.40. The highest BCUT2D eigenvalue weighted by atomic mass is 19.4. The molecular weight excluding hydrogens is 219 g/mol. The molecule has 1 rings (SSSR count). The van der Waals surface area contributed by atoms with E-state index in [9.17, 15) is 13.2 Å². The van der Waals surface area contributed by atoms with Gasteiger partial charge in [0.2, 0.25) is 0 Å². The number of hydrogen-bond acceptors (Lipinski definition) is 2. The Hall–Kier alpha value is -1.07. The average Bonchev–Trinajstić information content (AvgIpc) is 2.26. The van der Waals surface area contributed by atoms with Gasteiger partial charge in [0.1, 0.15) is 0 Å². The van der Waals surface area contributed by atoms with Gasteiger partial charge in [-0.25, -0.2) is 0 Å². The summed E-state index contributed by atoms with van der Waals surface area (Å²) in [7, 11) is 0. The molecule has 0 aromatic heterocycles. The van der Waals surface area contributed by atoms with Crippen molar-refractivity contribution in [2.24, 2.45) is 5.73 Å². The van der Waals surface area contributed by atoms with Gasteiger partial charge in [-0.3, -0.25) is 0 Å². The van der Waals surface area contributed by atoms with E-state index < -0.39 is 12.3 Å². The first kappa shape index (κ1) is 13.0. The van der Waals surface area contributed by atoms with E-state index in [2.05, 4.69) is 0 Å². The number of aliphatic hydroxyl groups excluding tert-OH is 1. The number of rotatable bonds is 3. The lowest BCUT2D eigenvalue weighted by Gasteiger charge is -2.17. The Morgan fingerprint density at radius 3 is 2.38 bits per heavy atom. The van der Waals surface area contributed by atoms with Crippen molar-refractivity contribution in [3.8, 4) is 0 Å². The van der Waals surface area contributed by atoms with Crippen LogP contribution < -0.4 is 5.73 Å². The lowest BCUT2D eigenvalue weighted by molar-refractivity contribution is -0.206. The Bertz CT molecular complexity index is 351. The van der Waals surface area contributed by atoms with Crippen LogP contribution in [0.15, 0.2) is 24.3 Å². The van der Waals surface area contributed by atoms with Gasteiger partial charge in [0.25, 0.3) is 0 Å². The van der Waals surface area contributed by atoms with Crippen molar-refractivity contribution < 1.29 is 18.3 Å². The minimum Gasteiger partial charge on any atom is -0.379 e. The second kappa shape index (κ2) is 4.84. The maximum absolute atomic E-state index is 12.3. The Labute approximate surface area is 91.9 Å². The molecule has 0 aliphatic rings. The summed E-state index contributed by atoms with van der Waals surface area (Å²) in [5.74, 6) is 0. The quantitative estimate of drug-likeness (QED) is 0.843. The molecule has 0 bridgehead atoms. The Morgan fingerprint density at radius 1 is 1.31 bits per heavy atom. The first-order chi connectivity index (χ1) is 7.36. The van der Waals surface area contributed by atoms with E-state index in [1.807, 2.05) is 6.92 Å². The summed E-state index contributed by atoms with van der Waals surface area (Å²) in [6.07, 6.45) is -6.46. The summed E-state index contributed by atoms with van der Waals surface area (Å²) in [5, 5.41) is 9.07. The van der Waals surface area contributed by atoms with E-state index in [1.54, 1.807) is 6.07 Å². The van der Waals surface area contributed by atoms with Crippen LogP contribution in [0.25, 0.3) is 0 Å². The largest absolute Gasteiger partial charge is 0.418 e. The molecule has 2 atom stereocenters. The van der Waals surface area contributed by atoms with Crippen LogP contribution in [0, 0.1) is 0 Å². The van der Waals surface area contributed by atoms with Gasteiger partial charge in [0.15, 0.2) is 6.10 Å². The van der Waals surface area contributed by atoms with Gasteiger partial charge in [0.05, 0.1) is 0 Å². The molecule has 0 spiro atoms. The van der Waals surface area contributed by atoms with Crippen molar-refractivity contribution in [3.05, 3.63) is 35.4 Å². The van der Waals surface area contributed by atoms with Gasteiger partial charge >= 0.3 is 6.18 Å². The zero-order chi connectivity index (χ0) is 12.3. The number of hydrogen-bond donors (Lipinski definition) is 2. The van der Waals surface area contributed by atoms with Gasteiger partial charge < -0.3 is 10.8 Å². The number of halogens is 3. The summed E-state index contributed by atoms with van der Waals surface area (Å²) in [4.78, 5) is 0. The molecule has 1 aromatic carbocycles. The molecule has 90 valence electrons. The summed E-state index contributed by atoms with van der Waals surface area (Å²) in [5.41, 5.74) is 6.14. The molecule has 0 radical (unpaired) electrons. The third-order valence-electron chi connectivity index (χ3n) is 2.40. The van der Waals surface area contributed by atoms with Crippen LogP contribution in [0.4, 0.5) is 13.2 Å². The van der Waals surface area contributed by atoms with Gasteiger partial charge in [-0.15, -0.1) is 0 Å². The lowest BCUT2D eigenvalue weighted by atomic mass is 10.00. The van der Waals surface area contributed by atoms with Crippen LogP contribution in [0.5, 0.6) is 0 Å². The molecule has 1 aromatic rings. The van der Waals surface area contributed by atoms with Gasteiger partial charge in [0, 0.05) is 6.04 Å². The molecular formula is C11H14F3NO. The lowest BCUT2D eigenvalue weighted by Crippen LogP contribution is -2.20. The van der Waals surface area contributed by atoms with E-state index in [0.717, 1.165) is 0 Å². The van der Waals surface area contributed by atoms with Gasteiger partial charge in [-0.1, -0.05) is 31.2 Å². The maximum Gasteiger partial charge on any atom is 0.418 e. The minimum absolute atomic E-state index is 0.172. The van der Waals surface area contributed by atoms with Crippen LogP contribution in [0.3, 0.4) is 0 Å². The number of alkyl halides is 3. The fourth-order valence-corrected chi connectivity index (χ4v) is 1.38. The van der Waals surface area contributed by atoms with E-state index in [0.29, 0.717) is 12.0 Å². The van der Waals surface area contributed by atoms with Crippen LogP contribution in [0.1, 0.15) is 36.6 Å². The smallest absolute Gasteiger partial charge is 0.379 e. The van der Waals surface area contributed by atoms with Crippen molar-refractivity contribution in [3.63, 3.8) is 0 Å². The summed E-state index contributed by atoms with van der Waals surface area (Å²) in [6.45, 7) is 1.84. The molecule has 0 amide bonds. The highest BCUT2D eigenvalue weighted by Crippen LogP contribution is 2.33. The summed E-state index contributed by atoms with van der Waals surface area (Å²) < 4.78 is 36.8. The highest BCUT2D eigenvalue weighted by molar-refractivity contribution is 5.28. The predicted octanol–water partition coefficient (Wildman–Crippen LogP) is 2.69. The number of benzene rings is 1. The molecule has 0 aliphatic carbocycles. The van der Waals surface area contributed by atoms with Crippen molar-refractivity contribution in [2.45, 2.75) is 31.7 Å². The second-order valence-electron chi connectivity index (χ2n) is 3.63. The normalized spacial score (nSPS) is 15.9. The van der Waals surface area contributed by atoms with Gasteiger partial charge in [-0.2, -0.15) is 13.2 Å². The molecule has 1 unspecified atom stereocenters. The van der Waals surface area contributed by atoms with Crippen molar-refractivity contribution in [1.82, 2.24) is 0 Å². The zero-order valence-electron chi connectivity index (χ0n) is 8.83. The van der Waals surface area contributed by atoms with Gasteiger partial charge in [-0.05, 0) is 17.5 Å². The summed E-state index contributed by atoms with van der Waals surface area (Å²) in [6, 6.07) is 5.35. The van der Waals surface area contributed by atoms with E-state index in [-0.39, 0.29) is 11.6 Å². The van der Waals surface area contributed by atoms with E-state index >= 15 is 0 Å². The number of aliphatic hydroxyl groups is 1. The molecule has 2 nitrogen and oxygen atoms in total. The second-order valence-corrected chi connectivity index (χ2v) is 3.63. The van der Waals surface area contributed by atoms with E-state index in [4.69, 9.17) is 10.8 Å². The molecule has 0 fully saturated rings. The number of nitrogens with two attached hydrogens (primary N) is 1. The minimum atomic E-state index is -4.64. The average molecular weight is 233 g/mol.